The number of carbonyl (C=O) groups is 1. The average molecular weight is 377 g/mol. The third-order valence-electron chi connectivity index (χ3n) is 5.52. The van der Waals surface area contributed by atoms with Gasteiger partial charge in [0.05, 0.1) is 12.2 Å². The molecule has 0 bridgehead atoms. The highest BCUT2D eigenvalue weighted by molar-refractivity contribution is 5.79. The number of aromatic nitrogens is 3. The molecule has 0 aliphatic carbocycles. The monoisotopic (exact) mass is 377 g/mol. The third kappa shape index (κ3) is 4.02. The van der Waals surface area contributed by atoms with Crippen LogP contribution in [-0.2, 0) is 24.9 Å². The molecule has 28 heavy (non-hydrogen) atoms. The Hall–Kier alpha value is -2.86. The fourth-order valence-corrected chi connectivity index (χ4v) is 4.11. The minimum Gasteiger partial charge on any atom is -0.350 e. The maximum absolute atomic E-state index is 12.3. The molecule has 0 radical (unpaired) electrons. The molecular formula is C22H27N5O. The number of nitrogens with one attached hydrogen (secondary N) is 1. The van der Waals surface area contributed by atoms with Crippen LogP contribution in [0.2, 0.25) is 0 Å². The molecule has 2 atom stereocenters. The molecule has 4 rings (SSSR count). The van der Waals surface area contributed by atoms with E-state index in [9.17, 15) is 4.79 Å². The number of carbonyl (C=O) groups excluding carboxylic acids is 1. The number of likely N-dealkylation sites (tertiary alicyclic amines) is 1. The summed E-state index contributed by atoms with van der Waals surface area (Å²) in [4.78, 5) is 14.1. The van der Waals surface area contributed by atoms with Gasteiger partial charge in [0.25, 0.3) is 0 Å². The van der Waals surface area contributed by atoms with Gasteiger partial charge in [-0.15, -0.1) is 0 Å². The summed E-state index contributed by atoms with van der Waals surface area (Å²) in [6, 6.07) is 12.7. The molecular weight excluding hydrogens is 350 g/mol. The van der Waals surface area contributed by atoms with Gasteiger partial charge in [-0.25, -0.2) is 0 Å². The Morgan fingerprint density at radius 2 is 1.93 bits per heavy atom. The molecule has 0 saturated carbocycles. The molecule has 0 spiro atoms. The Morgan fingerprint density at radius 3 is 2.68 bits per heavy atom. The van der Waals surface area contributed by atoms with Crippen LogP contribution < -0.4 is 5.32 Å². The molecule has 1 fully saturated rings. The lowest BCUT2D eigenvalue weighted by Gasteiger charge is -2.24. The zero-order chi connectivity index (χ0) is 19.5. The van der Waals surface area contributed by atoms with Crippen molar-refractivity contribution in [1.82, 2.24) is 24.6 Å². The van der Waals surface area contributed by atoms with E-state index in [1.807, 2.05) is 37.5 Å². The predicted molar refractivity (Wildman–Crippen MR) is 109 cm³/mol. The van der Waals surface area contributed by atoms with E-state index >= 15 is 0 Å². The topological polar surface area (TPSA) is 55.1 Å². The van der Waals surface area contributed by atoms with E-state index in [0.717, 1.165) is 25.2 Å². The van der Waals surface area contributed by atoms with Crippen LogP contribution in [0.1, 0.15) is 29.2 Å². The number of benzene rings is 1. The van der Waals surface area contributed by atoms with Gasteiger partial charge in [-0.2, -0.15) is 5.10 Å². The minimum atomic E-state index is 0.0939. The second kappa shape index (κ2) is 8.02. The van der Waals surface area contributed by atoms with Gasteiger partial charge in [0.2, 0.25) is 5.91 Å². The third-order valence-corrected chi connectivity index (χ3v) is 5.52. The highest BCUT2D eigenvalue weighted by atomic mass is 16.2. The summed E-state index contributed by atoms with van der Waals surface area (Å²) < 4.78 is 4.00. The van der Waals surface area contributed by atoms with Crippen LogP contribution >= 0.6 is 0 Å². The predicted octanol–water partition coefficient (Wildman–Crippen LogP) is 2.58. The highest BCUT2D eigenvalue weighted by Gasteiger charge is 2.38. The van der Waals surface area contributed by atoms with E-state index < -0.39 is 0 Å². The summed E-state index contributed by atoms with van der Waals surface area (Å²) in [7, 11) is 3.80. The molecule has 6 heteroatoms. The lowest BCUT2D eigenvalue weighted by Crippen LogP contribution is -2.28. The number of amides is 1. The van der Waals surface area contributed by atoms with Crippen molar-refractivity contribution in [2.45, 2.75) is 25.6 Å². The van der Waals surface area contributed by atoms with Crippen LogP contribution in [0.4, 0.5) is 0 Å². The number of rotatable bonds is 7. The van der Waals surface area contributed by atoms with E-state index in [1.165, 1.54) is 11.1 Å². The lowest BCUT2D eigenvalue weighted by molar-refractivity contribution is -0.127. The van der Waals surface area contributed by atoms with Crippen LogP contribution in [0, 0.1) is 5.92 Å². The first kappa shape index (κ1) is 18.5. The molecule has 1 aliphatic heterocycles. The smallest absolute Gasteiger partial charge is 0.223 e. The molecule has 146 valence electrons. The average Bonchev–Trinajstić information content (AvgIpc) is 3.37. The maximum Gasteiger partial charge on any atom is 0.223 e. The van der Waals surface area contributed by atoms with Gasteiger partial charge in [0.15, 0.2) is 0 Å². The van der Waals surface area contributed by atoms with Crippen molar-refractivity contribution in [3.8, 4) is 0 Å². The van der Waals surface area contributed by atoms with Crippen LogP contribution in [0.3, 0.4) is 0 Å². The zero-order valence-corrected chi connectivity index (χ0v) is 16.5. The number of aryl methyl sites for hydroxylation is 1. The Labute approximate surface area is 165 Å². The van der Waals surface area contributed by atoms with E-state index in [-0.39, 0.29) is 17.9 Å². The molecule has 2 aromatic heterocycles. The molecule has 3 heterocycles. The van der Waals surface area contributed by atoms with Crippen molar-refractivity contribution in [2.75, 3.05) is 13.6 Å². The van der Waals surface area contributed by atoms with Crippen LogP contribution in [0.15, 0.2) is 61.2 Å². The van der Waals surface area contributed by atoms with Crippen molar-refractivity contribution in [3.63, 3.8) is 0 Å². The normalized spacial score (nSPS) is 19.5. The number of hydrogen-bond acceptors (Lipinski definition) is 3. The van der Waals surface area contributed by atoms with E-state index in [0.29, 0.717) is 6.42 Å². The van der Waals surface area contributed by atoms with Gasteiger partial charge >= 0.3 is 0 Å². The second-order valence-electron chi connectivity index (χ2n) is 7.67. The van der Waals surface area contributed by atoms with Gasteiger partial charge in [0.1, 0.15) is 0 Å². The first-order valence-electron chi connectivity index (χ1n) is 9.73. The first-order chi connectivity index (χ1) is 13.6. The highest BCUT2D eigenvalue weighted by Crippen LogP contribution is 2.36. The molecule has 1 saturated heterocycles. The van der Waals surface area contributed by atoms with Crippen LogP contribution in [0.25, 0.3) is 0 Å². The van der Waals surface area contributed by atoms with Gasteiger partial charge in [-0.05, 0) is 17.2 Å². The molecule has 6 nitrogen and oxygen atoms in total. The van der Waals surface area contributed by atoms with Crippen LogP contribution in [-0.4, -0.2) is 38.7 Å². The summed E-state index contributed by atoms with van der Waals surface area (Å²) >= 11 is 0. The quantitative estimate of drug-likeness (QED) is 0.689. The number of hydrogen-bond donors (Lipinski definition) is 1. The molecule has 0 unspecified atom stereocenters. The van der Waals surface area contributed by atoms with Gasteiger partial charge in [0, 0.05) is 70.2 Å². The molecule has 1 aromatic carbocycles. The summed E-state index contributed by atoms with van der Waals surface area (Å²) in [5, 5.41) is 7.82. The molecule has 3 aromatic rings. The fraction of sp³-hybridized carbons (Fsp3) is 0.364. The SMILES string of the molecule is CN1C(=O)C[C@@H](CNCc2ccn(Cc3ccccc3)c2)[C@@H]1c1cnn(C)c1. The first-order valence-corrected chi connectivity index (χ1v) is 9.73. The van der Waals surface area contributed by atoms with Gasteiger partial charge in [-0.1, -0.05) is 30.3 Å². The van der Waals surface area contributed by atoms with Gasteiger partial charge in [-0.3, -0.25) is 9.48 Å². The van der Waals surface area contributed by atoms with Crippen molar-refractivity contribution in [1.29, 1.82) is 0 Å². The van der Waals surface area contributed by atoms with Crippen molar-refractivity contribution >= 4 is 5.91 Å². The Kier molecular flexibility index (Phi) is 5.30. The Balaban J connectivity index is 1.33. The van der Waals surface area contributed by atoms with Crippen molar-refractivity contribution in [3.05, 3.63) is 77.9 Å². The van der Waals surface area contributed by atoms with Crippen LogP contribution in [0.5, 0.6) is 0 Å². The summed E-state index contributed by atoms with van der Waals surface area (Å²) in [6.07, 6.45) is 8.77. The molecule has 1 aliphatic rings. The van der Waals surface area contributed by atoms with E-state index in [2.05, 4.69) is 57.7 Å². The summed E-state index contributed by atoms with van der Waals surface area (Å²) in [5.74, 6) is 0.461. The standard InChI is InChI=1S/C22H27N5O/c1-25-16-20(13-24-25)22-19(10-21(28)26(22)2)12-23-11-18-8-9-27(15-18)14-17-6-4-3-5-7-17/h3-9,13,15-16,19,22-23H,10-12,14H2,1-2H3/t19-,22+/m0/s1. The van der Waals surface area contributed by atoms with E-state index in [1.54, 1.807) is 4.68 Å². The van der Waals surface area contributed by atoms with Gasteiger partial charge < -0.3 is 14.8 Å². The minimum absolute atomic E-state index is 0.0939. The largest absolute Gasteiger partial charge is 0.350 e. The maximum atomic E-state index is 12.3. The molecule has 1 N–H and O–H groups in total. The summed E-state index contributed by atoms with van der Waals surface area (Å²) in [5.41, 5.74) is 3.66. The summed E-state index contributed by atoms with van der Waals surface area (Å²) in [6.45, 7) is 2.49. The Morgan fingerprint density at radius 1 is 1.11 bits per heavy atom. The number of nitrogens with zero attached hydrogens (tertiary/aromatic N) is 4. The van der Waals surface area contributed by atoms with Crippen molar-refractivity contribution < 1.29 is 4.79 Å². The zero-order valence-electron chi connectivity index (χ0n) is 16.5. The molecule has 1 amide bonds. The van der Waals surface area contributed by atoms with E-state index in [4.69, 9.17) is 0 Å². The Bertz CT molecular complexity index is 929. The van der Waals surface area contributed by atoms with Crippen molar-refractivity contribution in [2.24, 2.45) is 13.0 Å². The fourth-order valence-electron chi connectivity index (χ4n) is 4.11. The second-order valence-corrected chi connectivity index (χ2v) is 7.67. The lowest BCUT2D eigenvalue weighted by atomic mass is 9.95.